The van der Waals surface area contributed by atoms with Gasteiger partial charge in [-0.25, -0.2) is 14.6 Å². The normalized spacial score (nSPS) is 16.4. The van der Waals surface area contributed by atoms with Crippen LogP contribution in [0.4, 0.5) is 5.82 Å². The van der Waals surface area contributed by atoms with E-state index in [9.17, 15) is 4.79 Å². The Kier molecular flexibility index (Phi) is 5.30. The predicted octanol–water partition coefficient (Wildman–Crippen LogP) is 2.39. The smallest absolute Gasteiger partial charge is 0.225 e. The van der Waals surface area contributed by atoms with Gasteiger partial charge in [-0.1, -0.05) is 17.7 Å². The number of hydrogen-bond acceptors (Lipinski definition) is 6. The first kappa shape index (κ1) is 20.2. The van der Waals surface area contributed by atoms with Crippen LogP contribution in [0.2, 0.25) is 0 Å². The Hall–Kier alpha value is -3.75. The summed E-state index contributed by atoms with van der Waals surface area (Å²) in [7, 11) is 1.87. The third-order valence-corrected chi connectivity index (χ3v) is 5.90. The highest BCUT2D eigenvalue weighted by molar-refractivity contribution is 5.87. The van der Waals surface area contributed by atoms with Crippen LogP contribution in [0.25, 0.3) is 16.7 Å². The van der Waals surface area contributed by atoms with Crippen molar-refractivity contribution in [2.24, 2.45) is 13.0 Å². The van der Waals surface area contributed by atoms with Gasteiger partial charge in [-0.2, -0.15) is 5.10 Å². The van der Waals surface area contributed by atoms with Gasteiger partial charge in [0.1, 0.15) is 12.1 Å². The van der Waals surface area contributed by atoms with Gasteiger partial charge in [-0.15, -0.1) is 5.10 Å². The molecule has 0 bridgehead atoms. The van der Waals surface area contributed by atoms with E-state index in [4.69, 9.17) is 0 Å². The number of anilines is 1. The minimum Gasteiger partial charge on any atom is -0.355 e. The van der Waals surface area contributed by atoms with E-state index in [-0.39, 0.29) is 11.8 Å². The molecular weight excluding hydrogens is 404 g/mol. The molecule has 0 saturated carbocycles. The van der Waals surface area contributed by atoms with Gasteiger partial charge in [-0.3, -0.25) is 9.48 Å². The number of aromatic nitrogens is 6. The molecule has 1 aromatic carbocycles. The fourth-order valence-electron chi connectivity index (χ4n) is 4.17. The second-order valence-corrected chi connectivity index (χ2v) is 8.33. The first-order chi connectivity index (χ1) is 15.6. The fraction of sp³-hybridized carbons (Fsp3) is 0.348. The Morgan fingerprint density at radius 1 is 1.16 bits per heavy atom. The lowest BCUT2D eigenvalue weighted by molar-refractivity contribution is -0.125. The van der Waals surface area contributed by atoms with Crippen molar-refractivity contribution in [3.8, 4) is 5.69 Å². The Bertz CT molecular complexity index is 1240. The quantitative estimate of drug-likeness (QED) is 0.523. The van der Waals surface area contributed by atoms with Gasteiger partial charge in [0.05, 0.1) is 29.2 Å². The van der Waals surface area contributed by atoms with Gasteiger partial charge in [0, 0.05) is 32.5 Å². The van der Waals surface area contributed by atoms with Crippen LogP contribution in [-0.4, -0.2) is 48.5 Å². The van der Waals surface area contributed by atoms with Crippen molar-refractivity contribution in [3.63, 3.8) is 0 Å². The molecule has 5 rings (SSSR count). The monoisotopic (exact) mass is 430 g/mol. The van der Waals surface area contributed by atoms with Crippen LogP contribution in [-0.2, 0) is 18.4 Å². The molecule has 1 N–H and O–H groups in total. The molecule has 1 saturated heterocycles. The van der Waals surface area contributed by atoms with Crippen molar-refractivity contribution in [2.45, 2.75) is 26.3 Å². The SMILES string of the molecule is Cc1ccc(-n2cc3c(N4CCCC(C(=O)NCc5ccn(C)n5)C4)ncnc3n2)cc1. The number of aryl methyl sites for hydroxylation is 2. The molecule has 1 aliphatic heterocycles. The first-order valence-electron chi connectivity index (χ1n) is 10.9. The van der Waals surface area contributed by atoms with Crippen LogP contribution in [0.5, 0.6) is 0 Å². The molecule has 1 unspecified atom stereocenters. The third kappa shape index (κ3) is 4.05. The van der Waals surface area contributed by atoms with Gasteiger partial charge in [0.15, 0.2) is 5.65 Å². The van der Waals surface area contributed by atoms with Gasteiger partial charge < -0.3 is 10.2 Å². The average Bonchev–Trinajstić information content (AvgIpc) is 3.44. The van der Waals surface area contributed by atoms with Gasteiger partial charge in [0.25, 0.3) is 0 Å². The van der Waals surface area contributed by atoms with E-state index in [1.807, 2.05) is 42.3 Å². The first-order valence-corrected chi connectivity index (χ1v) is 10.9. The van der Waals surface area contributed by atoms with E-state index < -0.39 is 0 Å². The van der Waals surface area contributed by atoms with E-state index in [1.165, 1.54) is 5.56 Å². The average molecular weight is 431 g/mol. The number of benzene rings is 1. The molecule has 32 heavy (non-hydrogen) atoms. The summed E-state index contributed by atoms with van der Waals surface area (Å²) < 4.78 is 3.57. The lowest BCUT2D eigenvalue weighted by Gasteiger charge is -2.33. The maximum atomic E-state index is 12.8. The Morgan fingerprint density at radius 2 is 2.00 bits per heavy atom. The number of fused-ring (bicyclic) bond motifs is 1. The molecule has 1 fully saturated rings. The van der Waals surface area contributed by atoms with Gasteiger partial charge in [0.2, 0.25) is 5.91 Å². The Balaban J connectivity index is 1.34. The Morgan fingerprint density at radius 3 is 2.78 bits per heavy atom. The lowest BCUT2D eigenvalue weighted by Crippen LogP contribution is -2.43. The topological polar surface area (TPSA) is 93.8 Å². The summed E-state index contributed by atoms with van der Waals surface area (Å²) >= 11 is 0. The summed E-state index contributed by atoms with van der Waals surface area (Å²) in [6.45, 7) is 3.98. The lowest BCUT2D eigenvalue weighted by atomic mass is 9.97. The zero-order valence-corrected chi connectivity index (χ0v) is 18.3. The summed E-state index contributed by atoms with van der Waals surface area (Å²) in [6.07, 6.45) is 7.19. The summed E-state index contributed by atoms with van der Waals surface area (Å²) in [5.74, 6) is 0.793. The number of amides is 1. The molecule has 1 aliphatic rings. The van der Waals surface area contributed by atoms with Crippen LogP contribution in [0, 0.1) is 12.8 Å². The molecule has 0 spiro atoms. The molecule has 1 amide bonds. The van der Waals surface area contributed by atoms with Crippen LogP contribution >= 0.6 is 0 Å². The molecule has 3 aromatic heterocycles. The zero-order chi connectivity index (χ0) is 22.1. The zero-order valence-electron chi connectivity index (χ0n) is 18.3. The maximum Gasteiger partial charge on any atom is 0.225 e. The largest absolute Gasteiger partial charge is 0.355 e. The van der Waals surface area contributed by atoms with Crippen molar-refractivity contribution in [2.75, 3.05) is 18.0 Å². The van der Waals surface area contributed by atoms with Crippen molar-refractivity contribution in [3.05, 3.63) is 60.3 Å². The number of carbonyl (C=O) groups is 1. The van der Waals surface area contributed by atoms with Crippen LogP contribution in [0.15, 0.2) is 49.1 Å². The summed E-state index contributed by atoms with van der Waals surface area (Å²) in [5.41, 5.74) is 3.68. The van der Waals surface area contributed by atoms with Crippen LogP contribution in [0.3, 0.4) is 0 Å². The molecular formula is C23H26N8O. The van der Waals surface area contributed by atoms with E-state index in [2.05, 4.69) is 49.4 Å². The van der Waals surface area contributed by atoms with Crippen molar-refractivity contribution < 1.29 is 4.79 Å². The molecule has 164 valence electrons. The molecule has 4 heterocycles. The highest BCUT2D eigenvalue weighted by Gasteiger charge is 2.28. The Labute approximate surface area is 186 Å². The molecule has 1 atom stereocenters. The number of piperidine rings is 1. The molecule has 9 heteroatoms. The minimum absolute atomic E-state index is 0.0565. The molecule has 0 radical (unpaired) electrons. The molecule has 4 aromatic rings. The van der Waals surface area contributed by atoms with E-state index in [0.29, 0.717) is 18.7 Å². The van der Waals surface area contributed by atoms with Crippen molar-refractivity contribution >= 4 is 22.8 Å². The van der Waals surface area contributed by atoms with Crippen molar-refractivity contribution in [1.29, 1.82) is 0 Å². The highest BCUT2D eigenvalue weighted by Crippen LogP contribution is 2.28. The van der Waals surface area contributed by atoms with E-state index >= 15 is 0 Å². The minimum atomic E-state index is -0.0929. The maximum absolute atomic E-state index is 12.8. The van der Waals surface area contributed by atoms with Gasteiger partial charge in [-0.05, 0) is 38.0 Å². The number of rotatable bonds is 5. The number of nitrogens with zero attached hydrogens (tertiary/aromatic N) is 7. The standard InChI is InChI=1S/C23H26N8O/c1-16-5-7-19(8-6-16)31-14-20-21(28-31)25-15-26-22(20)30-10-3-4-17(13-30)23(32)24-12-18-9-11-29(2)27-18/h5-9,11,14-15,17H,3-4,10,12-13H2,1-2H3,(H,24,32). The number of nitrogens with one attached hydrogen (secondary N) is 1. The summed E-state index contributed by atoms with van der Waals surface area (Å²) in [4.78, 5) is 23.9. The number of hydrogen-bond donors (Lipinski definition) is 1. The molecule has 0 aliphatic carbocycles. The van der Waals surface area contributed by atoms with E-state index in [0.717, 1.165) is 42.0 Å². The third-order valence-electron chi connectivity index (χ3n) is 5.90. The summed E-state index contributed by atoms with van der Waals surface area (Å²) in [6, 6.07) is 10.1. The number of carbonyl (C=O) groups excluding carboxylic acids is 1. The van der Waals surface area contributed by atoms with Crippen LogP contribution < -0.4 is 10.2 Å². The fourth-order valence-corrected chi connectivity index (χ4v) is 4.17. The summed E-state index contributed by atoms with van der Waals surface area (Å²) in [5, 5.41) is 12.9. The second kappa shape index (κ2) is 8.41. The highest BCUT2D eigenvalue weighted by atomic mass is 16.1. The van der Waals surface area contributed by atoms with E-state index in [1.54, 1.807) is 11.0 Å². The molecule has 9 nitrogen and oxygen atoms in total. The van der Waals surface area contributed by atoms with Crippen LogP contribution in [0.1, 0.15) is 24.1 Å². The van der Waals surface area contributed by atoms with Gasteiger partial charge >= 0.3 is 0 Å². The predicted molar refractivity (Wildman–Crippen MR) is 121 cm³/mol. The van der Waals surface area contributed by atoms with Crippen molar-refractivity contribution in [1.82, 2.24) is 34.8 Å². The second-order valence-electron chi connectivity index (χ2n) is 8.33.